The minimum Gasteiger partial charge on any atom is -0.467 e. The number of fused-ring (bicyclic) bond motifs is 8. The van der Waals surface area contributed by atoms with E-state index in [2.05, 4.69) is 211 Å². The standard InChI is InChI=1S/C59H66N4O/c1-34-17-19-48-43(23-34)44-31-47-51(32-50(44)63(48)52-30-40(21-22-60-52)54(5,6)7)62(49-20-18-35(2)24-46(49)57(47,14)15)42-28-38(27-41(29-42)55(8,9)10)53-61-58(16)45-26-37(4)36(3)25-39(45)33-59(58,64-53)56(11,12)13/h17-32H,33H2,1-16H3/t58-,59-/m1/s1. The van der Waals surface area contributed by atoms with Crippen molar-refractivity contribution < 1.29 is 4.74 Å². The molecule has 10 rings (SSSR count). The first-order valence-electron chi connectivity index (χ1n) is 23.4. The highest BCUT2D eigenvalue weighted by Gasteiger charge is 2.66. The summed E-state index contributed by atoms with van der Waals surface area (Å²) in [7, 11) is 0. The van der Waals surface area contributed by atoms with Crippen LogP contribution in [0.4, 0.5) is 17.1 Å². The third kappa shape index (κ3) is 6.01. The van der Waals surface area contributed by atoms with E-state index in [9.17, 15) is 0 Å². The van der Waals surface area contributed by atoms with Crippen molar-refractivity contribution in [2.75, 3.05) is 4.90 Å². The van der Waals surface area contributed by atoms with Crippen LogP contribution in [0.3, 0.4) is 0 Å². The van der Waals surface area contributed by atoms with E-state index in [0.29, 0.717) is 0 Å². The third-order valence-electron chi connectivity index (χ3n) is 15.4. The second-order valence-electron chi connectivity index (χ2n) is 23.3. The molecule has 2 aromatic heterocycles. The fourth-order valence-corrected chi connectivity index (χ4v) is 11.4. The maximum Gasteiger partial charge on any atom is 0.217 e. The molecule has 7 aromatic rings. The van der Waals surface area contributed by atoms with Crippen molar-refractivity contribution in [3.63, 3.8) is 0 Å². The number of aliphatic imine (C=N–C) groups is 1. The van der Waals surface area contributed by atoms with Crippen molar-refractivity contribution in [3.8, 4) is 5.82 Å². The van der Waals surface area contributed by atoms with E-state index in [1.807, 2.05) is 6.20 Å². The lowest BCUT2D eigenvalue weighted by atomic mass is 9.66. The molecule has 0 saturated heterocycles. The van der Waals surface area contributed by atoms with Gasteiger partial charge in [0.25, 0.3) is 0 Å². The van der Waals surface area contributed by atoms with Gasteiger partial charge in [-0.1, -0.05) is 118 Å². The zero-order valence-corrected chi connectivity index (χ0v) is 41.1. The van der Waals surface area contributed by atoms with Crippen molar-refractivity contribution in [1.82, 2.24) is 9.55 Å². The van der Waals surface area contributed by atoms with Gasteiger partial charge in [0.15, 0.2) is 0 Å². The van der Waals surface area contributed by atoms with Gasteiger partial charge in [0.2, 0.25) is 5.90 Å². The molecular formula is C59H66N4O. The van der Waals surface area contributed by atoms with Crippen LogP contribution in [0.25, 0.3) is 27.6 Å². The third-order valence-corrected chi connectivity index (χ3v) is 15.4. The summed E-state index contributed by atoms with van der Waals surface area (Å²) in [5.41, 5.74) is 17.9. The van der Waals surface area contributed by atoms with Crippen LogP contribution in [0, 0.1) is 33.1 Å². The van der Waals surface area contributed by atoms with E-state index >= 15 is 0 Å². The van der Waals surface area contributed by atoms with Crippen molar-refractivity contribution in [2.24, 2.45) is 10.4 Å². The lowest BCUT2D eigenvalue weighted by molar-refractivity contribution is -0.0673. The summed E-state index contributed by atoms with van der Waals surface area (Å²) < 4.78 is 9.90. The number of aromatic nitrogens is 2. The van der Waals surface area contributed by atoms with Gasteiger partial charge in [-0.3, -0.25) is 4.57 Å². The molecule has 0 unspecified atom stereocenters. The Kier molecular flexibility index (Phi) is 8.88. The van der Waals surface area contributed by atoms with Gasteiger partial charge in [-0.05, 0) is 151 Å². The molecule has 0 amide bonds. The summed E-state index contributed by atoms with van der Waals surface area (Å²) in [5.74, 6) is 1.66. The van der Waals surface area contributed by atoms with E-state index in [-0.39, 0.29) is 21.7 Å². The van der Waals surface area contributed by atoms with Crippen molar-refractivity contribution in [3.05, 3.63) is 158 Å². The molecular weight excluding hydrogens is 781 g/mol. The SMILES string of the molecule is Cc1ccc2c(c1)C(C)(C)c1cc3c4cc(C)ccc4n(-c4cc(C(C)(C)C)ccn4)c3cc1N2c1cc(C2=N[C@]3(C)c4cc(C)c(C)cc4C[C@]3(C(C)(C)C)O2)cc(C(C)(C)C)c1. The van der Waals surface area contributed by atoms with Gasteiger partial charge >= 0.3 is 0 Å². The Morgan fingerprint density at radius 2 is 1.25 bits per heavy atom. The molecule has 2 aliphatic heterocycles. The number of nitrogens with zero attached hydrogens (tertiary/aromatic N) is 4. The number of benzene rings is 5. The maximum absolute atomic E-state index is 7.51. The van der Waals surface area contributed by atoms with Crippen molar-refractivity contribution in [2.45, 2.75) is 145 Å². The van der Waals surface area contributed by atoms with Gasteiger partial charge in [0.05, 0.1) is 22.4 Å². The highest BCUT2D eigenvalue weighted by Crippen LogP contribution is 2.61. The average Bonchev–Trinajstić information content (AvgIpc) is 3.78. The zero-order chi connectivity index (χ0) is 45.8. The summed E-state index contributed by atoms with van der Waals surface area (Å²) in [6, 6.07) is 35.1. The fourth-order valence-electron chi connectivity index (χ4n) is 11.4. The monoisotopic (exact) mass is 847 g/mol. The fraction of sp³-hybridized carbons (Fsp3) is 0.390. The molecule has 0 spiro atoms. The molecule has 5 nitrogen and oxygen atoms in total. The summed E-state index contributed by atoms with van der Waals surface area (Å²) >= 11 is 0. The lowest BCUT2D eigenvalue weighted by Crippen LogP contribution is -2.54. The number of hydrogen-bond donors (Lipinski definition) is 0. The first-order valence-corrected chi connectivity index (χ1v) is 23.4. The Balaban J connectivity index is 1.25. The van der Waals surface area contributed by atoms with Crippen LogP contribution >= 0.6 is 0 Å². The van der Waals surface area contributed by atoms with Gasteiger partial charge in [0, 0.05) is 45.5 Å². The quantitative estimate of drug-likeness (QED) is 0.178. The molecule has 64 heavy (non-hydrogen) atoms. The maximum atomic E-state index is 7.51. The highest BCUT2D eigenvalue weighted by molar-refractivity contribution is 6.12. The molecule has 0 fully saturated rings. The molecule has 0 saturated carbocycles. The summed E-state index contributed by atoms with van der Waals surface area (Å²) in [4.78, 5) is 13.3. The predicted octanol–water partition coefficient (Wildman–Crippen LogP) is 15.1. The zero-order valence-electron chi connectivity index (χ0n) is 41.1. The van der Waals surface area contributed by atoms with Crippen LogP contribution in [-0.4, -0.2) is 21.0 Å². The van der Waals surface area contributed by atoms with Gasteiger partial charge < -0.3 is 9.64 Å². The van der Waals surface area contributed by atoms with Crippen LogP contribution in [0.2, 0.25) is 0 Å². The number of aryl methyl sites for hydroxylation is 4. The van der Waals surface area contributed by atoms with Gasteiger partial charge in [-0.2, -0.15) is 0 Å². The van der Waals surface area contributed by atoms with Gasteiger partial charge in [0.1, 0.15) is 17.0 Å². The van der Waals surface area contributed by atoms with Crippen LogP contribution in [-0.2, 0) is 32.9 Å². The molecule has 5 heteroatoms. The molecule has 5 aromatic carbocycles. The molecule has 4 heterocycles. The Hall–Kier alpha value is -5.68. The minimum atomic E-state index is -0.548. The van der Waals surface area contributed by atoms with Crippen molar-refractivity contribution in [1.29, 1.82) is 0 Å². The lowest BCUT2D eigenvalue weighted by Gasteiger charge is -2.45. The first kappa shape index (κ1) is 42.3. The Bertz CT molecular complexity index is 3160. The van der Waals surface area contributed by atoms with Gasteiger partial charge in [-0.15, -0.1) is 0 Å². The number of rotatable bonds is 3. The Morgan fingerprint density at radius 1 is 0.594 bits per heavy atom. The van der Waals surface area contributed by atoms with E-state index in [1.165, 1.54) is 77.8 Å². The topological polar surface area (TPSA) is 42.7 Å². The molecule has 0 N–H and O–H groups in total. The number of hydrogen-bond acceptors (Lipinski definition) is 4. The Labute approximate surface area is 381 Å². The molecule has 328 valence electrons. The second-order valence-corrected chi connectivity index (χ2v) is 23.3. The van der Waals surface area contributed by atoms with Gasteiger partial charge in [-0.25, -0.2) is 9.98 Å². The highest BCUT2D eigenvalue weighted by atomic mass is 16.5. The largest absolute Gasteiger partial charge is 0.467 e. The number of ether oxygens (including phenoxy) is 1. The number of anilines is 3. The van der Waals surface area contributed by atoms with Crippen LogP contribution < -0.4 is 4.90 Å². The molecule has 1 aliphatic carbocycles. The van der Waals surface area contributed by atoms with E-state index in [1.54, 1.807) is 0 Å². The first-order chi connectivity index (χ1) is 29.8. The Morgan fingerprint density at radius 3 is 1.95 bits per heavy atom. The van der Waals surface area contributed by atoms with Crippen LogP contribution in [0.5, 0.6) is 0 Å². The molecule has 2 atom stereocenters. The van der Waals surface area contributed by atoms with Crippen LogP contribution in [0.15, 0.2) is 102 Å². The summed E-state index contributed by atoms with van der Waals surface area (Å²) in [6.45, 7) is 36.7. The second kappa shape index (κ2) is 13.4. The molecule has 3 aliphatic rings. The van der Waals surface area contributed by atoms with Crippen LogP contribution in [0.1, 0.15) is 144 Å². The van der Waals surface area contributed by atoms with E-state index in [4.69, 9.17) is 14.7 Å². The van der Waals surface area contributed by atoms with E-state index in [0.717, 1.165) is 40.4 Å². The number of pyridine rings is 1. The minimum absolute atomic E-state index is 0.0259. The van der Waals surface area contributed by atoms with E-state index < -0.39 is 11.1 Å². The average molecular weight is 847 g/mol. The molecule has 0 bridgehead atoms. The van der Waals surface area contributed by atoms with Crippen molar-refractivity contribution >= 4 is 44.8 Å². The molecule has 0 radical (unpaired) electrons. The summed E-state index contributed by atoms with van der Waals surface area (Å²) in [5, 5.41) is 2.48. The smallest absolute Gasteiger partial charge is 0.217 e. The normalized spacial score (nSPS) is 20.2. The predicted molar refractivity (Wildman–Crippen MR) is 269 cm³/mol. The summed E-state index contributed by atoms with van der Waals surface area (Å²) in [6.07, 6.45) is 2.79.